The molecule has 3 N–H and O–H groups in total. The number of nitrogens with zero attached hydrogens (tertiary/aromatic N) is 2. The number of pyridine rings is 1. The smallest absolute Gasteiger partial charge is 0.271 e. The number of rotatable bonds is 4. The molecule has 2 aromatic heterocycles. The number of nitrogens with one attached hydrogen (secondary N) is 1. The molecule has 2 aromatic rings. The summed E-state index contributed by atoms with van der Waals surface area (Å²) in [5.74, 6) is -0.198. The number of hydrogen-bond acceptors (Lipinski definition) is 5. The van der Waals surface area contributed by atoms with Gasteiger partial charge in [0.15, 0.2) is 0 Å². The fourth-order valence-corrected chi connectivity index (χ4v) is 2.12. The van der Waals surface area contributed by atoms with Crippen LogP contribution in [0.4, 0.5) is 0 Å². The summed E-state index contributed by atoms with van der Waals surface area (Å²) in [5.41, 5.74) is 7.78. The topological polar surface area (TPSA) is 80.9 Å². The van der Waals surface area contributed by atoms with Gasteiger partial charge in [-0.2, -0.15) is 0 Å². The summed E-state index contributed by atoms with van der Waals surface area (Å²) in [4.78, 5) is 20.2. The van der Waals surface area contributed by atoms with Crippen LogP contribution in [0, 0.1) is 6.92 Å². The van der Waals surface area contributed by atoms with Crippen LogP contribution in [0.2, 0.25) is 0 Å². The molecule has 0 fully saturated rings. The largest absolute Gasteiger partial charge is 0.345 e. The van der Waals surface area contributed by atoms with E-state index < -0.39 is 0 Å². The standard InChI is InChI=1S/C12H14N4OS/c1-8-3-2-4-14-9(8)6-15-12(17)10-7-18-11(5-13)16-10/h2-4,7H,5-6,13H2,1H3,(H,15,17). The van der Waals surface area contributed by atoms with Gasteiger partial charge in [0, 0.05) is 18.1 Å². The van der Waals surface area contributed by atoms with Crippen molar-refractivity contribution in [3.63, 3.8) is 0 Å². The van der Waals surface area contributed by atoms with Crippen LogP contribution in [0.5, 0.6) is 0 Å². The van der Waals surface area contributed by atoms with E-state index in [1.807, 2.05) is 19.1 Å². The summed E-state index contributed by atoms with van der Waals surface area (Å²) in [5, 5.41) is 5.27. The Morgan fingerprint density at radius 3 is 3.06 bits per heavy atom. The molecular formula is C12H14N4OS. The van der Waals surface area contributed by atoms with Crippen LogP contribution in [-0.4, -0.2) is 15.9 Å². The molecule has 0 atom stereocenters. The third-order valence-corrected chi connectivity index (χ3v) is 3.36. The van der Waals surface area contributed by atoms with E-state index in [9.17, 15) is 4.79 Å². The third-order valence-electron chi connectivity index (χ3n) is 2.49. The highest BCUT2D eigenvalue weighted by Crippen LogP contribution is 2.09. The number of carbonyl (C=O) groups is 1. The number of hydrogen-bond donors (Lipinski definition) is 2. The predicted octanol–water partition coefficient (Wildman–Crippen LogP) is 1.24. The summed E-state index contributed by atoms with van der Waals surface area (Å²) in [6.45, 7) is 2.72. The Kier molecular flexibility index (Phi) is 4.01. The lowest BCUT2D eigenvalue weighted by Crippen LogP contribution is -2.24. The SMILES string of the molecule is Cc1cccnc1CNC(=O)c1csc(CN)n1. The number of aryl methyl sites for hydroxylation is 1. The second kappa shape index (κ2) is 5.70. The lowest BCUT2D eigenvalue weighted by molar-refractivity contribution is 0.0946. The van der Waals surface area contributed by atoms with Crippen LogP contribution in [0.1, 0.15) is 26.8 Å². The van der Waals surface area contributed by atoms with E-state index in [4.69, 9.17) is 5.73 Å². The van der Waals surface area contributed by atoms with Gasteiger partial charge in [-0.1, -0.05) is 6.07 Å². The first kappa shape index (κ1) is 12.7. The highest BCUT2D eigenvalue weighted by Gasteiger charge is 2.10. The minimum Gasteiger partial charge on any atom is -0.345 e. The first-order chi connectivity index (χ1) is 8.70. The summed E-state index contributed by atoms with van der Waals surface area (Å²) < 4.78 is 0. The van der Waals surface area contributed by atoms with Crippen molar-refractivity contribution in [2.75, 3.05) is 0 Å². The van der Waals surface area contributed by atoms with Gasteiger partial charge in [-0.15, -0.1) is 11.3 Å². The van der Waals surface area contributed by atoms with Gasteiger partial charge in [-0.25, -0.2) is 4.98 Å². The highest BCUT2D eigenvalue weighted by molar-refractivity contribution is 7.09. The number of amides is 1. The quantitative estimate of drug-likeness (QED) is 0.868. The molecule has 1 amide bonds. The maximum Gasteiger partial charge on any atom is 0.271 e. The molecule has 0 aliphatic heterocycles. The highest BCUT2D eigenvalue weighted by atomic mass is 32.1. The molecule has 5 nitrogen and oxygen atoms in total. The van der Waals surface area contributed by atoms with Crippen molar-refractivity contribution in [3.05, 3.63) is 45.7 Å². The van der Waals surface area contributed by atoms with E-state index in [0.29, 0.717) is 18.8 Å². The zero-order valence-electron chi connectivity index (χ0n) is 10.0. The second-order valence-electron chi connectivity index (χ2n) is 3.78. The molecule has 0 spiro atoms. The molecule has 0 bridgehead atoms. The number of carbonyl (C=O) groups excluding carboxylic acids is 1. The van der Waals surface area contributed by atoms with Crippen LogP contribution >= 0.6 is 11.3 Å². The summed E-state index contributed by atoms with van der Waals surface area (Å²) >= 11 is 1.39. The number of aromatic nitrogens is 2. The van der Waals surface area contributed by atoms with Crippen LogP contribution in [-0.2, 0) is 13.1 Å². The predicted molar refractivity (Wildman–Crippen MR) is 70.1 cm³/mol. The molecule has 94 valence electrons. The zero-order valence-corrected chi connectivity index (χ0v) is 10.8. The van der Waals surface area contributed by atoms with E-state index in [-0.39, 0.29) is 5.91 Å². The Bertz CT molecular complexity index is 553. The fourth-order valence-electron chi connectivity index (χ4n) is 1.47. The number of nitrogens with two attached hydrogens (primary N) is 1. The second-order valence-corrected chi connectivity index (χ2v) is 4.72. The first-order valence-corrected chi connectivity index (χ1v) is 6.42. The van der Waals surface area contributed by atoms with Gasteiger partial charge in [-0.3, -0.25) is 9.78 Å². The van der Waals surface area contributed by atoms with Crippen LogP contribution in [0.25, 0.3) is 0 Å². The maximum atomic E-state index is 11.8. The van der Waals surface area contributed by atoms with Crippen LogP contribution < -0.4 is 11.1 Å². The van der Waals surface area contributed by atoms with E-state index in [0.717, 1.165) is 16.3 Å². The van der Waals surface area contributed by atoms with Crippen LogP contribution in [0.15, 0.2) is 23.7 Å². The minimum absolute atomic E-state index is 0.198. The zero-order chi connectivity index (χ0) is 13.0. The Morgan fingerprint density at radius 1 is 1.56 bits per heavy atom. The molecule has 2 rings (SSSR count). The van der Waals surface area contributed by atoms with Gasteiger partial charge in [0.1, 0.15) is 10.7 Å². The van der Waals surface area contributed by atoms with Crippen LogP contribution in [0.3, 0.4) is 0 Å². The Hall–Kier alpha value is -1.79. The fraction of sp³-hybridized carbons (Fsp3) is 0.250. The average Bonchev–Trinajstić information content (AvgIpc) is 2.86. The van der Waals surface area contributed by atoms with Gasteiger partial charge in [-0.05, 0) is 18.6 Å². The molecule has 0 aliphatic rings. The van der Waals surface area contributed by atoms with Gasteiger partial charge in [0.2, 0.25) is 0 Å². The molecular weight excluding hydrogens is 248 g/mol. The summed E-state index contributed by atoms with van der Waals surface area (Å²) in [7, 11) is 0. The molecule has 0 saturated heterocycles. The van der Waals surface area contributed by atoms with Crippen molar-refractivity contribution in [3.8, 4) is 0 Å². The lowest BCUT2D eigenvalue weighted by atomic mass is 10.2. The van der Waals surface area contributed by atoms with Gasteiger partial charge >= 0.3 is 0 Å². The summed E-state index contributed by atoms with van der Waals surface area (Å²) in [6, 6.07) is 3.83. The van der Waals surface area contributed by atoms with E-state index in [1.54, 1.807) is 11.6 Å². The van der Waals surface area contributed by atoms with Crippen molar-refractivity contribution < 1.29 is 4.79 Å². The van der Waals surface area contributed by atoms with E-state index >= 15 is 0 Å². The maximum absolute atomic E-state index is 11.8. The van der Waals surface area contributed by atoms with Gasteiger partial charge in [0.05, 0.1) is 12.2 Å². The molecule has 0 unspecified atom stereocenters. The Morgan fingerprint density at radius 2 is 2.39 bits per heavy atom. The molecule has 0 radical (unpaired) electrons. The van der Waals surface area contributed by atoms with Gasteiger partial charge < -0.3 is 11.1 Å². The van der Waals surface area contributed by atoms with Crippen molar-refractivity contribution in [2.45, 2.75) is 20.0 Å². The van der Waals surface area contributed by atoms with Crippen molar-refractivity contribution in [2.24, 2.45) is 5.73 Å². The molecule has 0 aromatic carbocycles. The Balaban J connectivity index is 1.98. The van der Waals surface area contributed by atoms with E-state index in [1.165, 1.54) is 11.3 Å². The molecule has 6 heteroatoms. The normalized spacial score (nSPS) is 10.3. The van der Waals surface area contributed by atoms with Gasteiger partial charge in [0.25, 0.3) is 5.91 Å². The summed E-state index contributed by atoms with van der Waals surface area (Å²) in [6.07, 6.45) is 1.71. The molecule has 18 heavy (non-hydrogen) atoms. The third kappa shape index (κ3) is 2.91. The number of thiazole rings is 1. The van der Waals surface area contributed by atoms with Crippen molar-refractivity contribution in [1.29, 1.82) is 0 Å². The first-order valence-electron chi connectivity index (χ1n) is 5.54. The molecule has 0 aliphatic carbocycles. The molecule has 0 saturated carbocycles. The monoisotopic (exact) mass is 262 g/mol. The van der Waals surface area contributed by atoms with Crippen molar-refractivity contribution in [1.82, 2.24) is 15.3 Å². The average molecular weight is 262 g/mol. The lowest BCUT2D eigenvalue weighted by Gasteiger charge is -2.05. The van der Waals surface area contributed by atoms with Crippen molar-refractivity contribution >= 4 is 17.2 Å². The van der Waals surface area contributed by atoms with E-state index in [2.05, 4.69) is 15.3 Å². The molecule has 2 heterocycles. The Labute approximate surface area is 109 Å². The minimum atomic E-state index is -0.198.